The van der Waals surface area contributed by atoms with Crippen molar-refractivity contribution in [2.24, 2.45) is 0 Å². The summed E-state index contributed by atoms with van der Waals surface area (Å²) in [5.74, 6) is 0. The standard InChI is InChI=1S/C51H82N2/c1-6-11-16-19-22-23-24-27-30-35-47-42-50(48-38-43(31-14-9-4)36-45(39-48)33-28-25-20-17-12-7-2)53(52)51(47)49-40-44(32-15-10-5)37-46(41-49)34-29-26-21-18-13-8-3/h36-42H,6-35H2,1-5H3. The van der Waals surface area contributed by atoms with Crippen molar-refractivity contribution in [3.05, 3.63) is 87.0 Å². The van der Waals surface area contributed by atoms with Gasteiger partial charge >= 0.3 is 0 Å². The molecule has 0 saturated carbocycles. The Bertz CT molecular complexity index is 1360. The van der Waals surface area contributed by atoms with E-state index in [0.29, 0.717) is 0 Å². The fourth-order valence-electron chi connectivity index (χ4n) is 8.25. The van der Waals surface area contributed by atoms with Gasteiger partial charge in [-0.25, -0.2) is 4.70 Å². The molecule has 0 amide bonds. The quantitative estimate of drug-likeness (QED) is 0.0531. The largest absolute Gasteiger partial charge is 0.493 e. The van der Waals surface area contributed by atoms with Crippen LogP contribution in [-0.2, 0) is 25.7 Å². The Morgan fingerprint density at radius 1 is 0.358 bits per heavy atom. The van der Waals surface area contributed by atoms with E-state index in [1.807, 2.05) is 0 Å². The highest BCUT2D eigenvalue weighted by Crippen LogP contribution is 2.39. The van der Waals surface area contributed by atoms with Crippen molar-refractivity contribution in [1.29, 1.82) is 0 Å². The number of unbranched alkanes of at least 4 members (excludes halogenated alkanes) is 20. The van der Waals surface area contributed by atoms with Crippen molar-refractivity contribution in [3.63, 3.8) is 0 Å². The smallest absolute Gasteiger partial charge is 0.210 e. The van der Waals surface area contributed by atoms with Crippen molar-refractivity contribution in [2.75, 3.05) is 0 Å². The lowest BCUT2D eigenvalue weighted by Gasteiger charge is -2.15. The van der Waals surface area contributed by atoms with Crippen LogP contribution >= 0.6 is 0 Å². The van der Waals surface area contributed by atoms with Gasteiger partial charge in [0.25, 0.3) is 0 Å². The van der Waals surface area contributed by atoms with Crippen molar-refractivity contribution >= 4 is 11.4 Å². The zero-order valence-electron chi connectivity index (χ0n) is 35.6. The second kappa shape index (κ2) is 28.0. The van der Waals surface area contributed by atoms with Gasteiger partial charge in [0.15, 0.2) is 0 Å². The first-order valence-corrected chi connectivity index (χ1v) is 23.2. The van der Waals surface area contributed by atoms with Gasteiger partial charge in [0, 0.05) is 22.8 Å². The number of benzene rings is 2. The zero-order chi connectivity index (χ0) is 37.9. The van der Waals surface area contributed by atoms with Crippen molar-refractivity contribution in [1.82, 2.24) is 0 Å². The monoisotopic (exact) mass is 723 g/mol. The predicted molar refractivity (Wildman–Crippen MR) is 235 cm³/mol. The van der Waals surface area contributed by atoms with Crippen LogP contribution in [-0.4, -0.2) is 4.70 Å². The Balaban J connectivity index is 1.90. The van der Waals surface area contributed by atoms with E-state index in [4.69, 9.17) is 0 Å². The van der Waals surface area contributed by atoms with Gasteiger partial charge in [0.2, 0.25) is 11.4 Å². The van der Waals surface area contributed by atoms with E-state index in [2.05, 4.69) is 77.1 Å². The molecule has 0 atom stereocenters. The van der Waals surface area contributed by atoms with E-state index in [-0.39, 0.29) is 0 Å². The Kier molecular flexibility index (Phi) is 23.7. The van der Waals surface area contributed by atoms with Crippen LogP contribution in [0.3, 0.4) is 0 Å². The maximum Gasteiger partial charge on any atom is 0.210 e. The summed E-state index contributed by atoms with van der Waals surface area (Å²) in [6.45, 7) is 11.5. The Morgan fingerprint density at radius 3 is 1.08 bits per heavy atom. The second-order valence-electron chi connectivity index (χ2n) is 16.6. The highest BCUT2D eigenvalue weighted by Gasteiger charge is 2.29. The van der Waals surface area contributed by atoms with Crippen LogP contribution in [0.15, 0.2) is 48.0 Å². The highest BCUT2D eigenvalue weighted by molar-refractivity contribution is 5.79. The number of aryl methyl sites for hydroxylation is 4. The summed E-state index contributed by atoms with van der Waals surface area (Å²) in [6.07, 6.45) is 40.6. The molecule has 0 fully saturated rings. The predicted octanol–water partition coefficient (Wildman–Crippen LogP) is 16.9. The van der Waals surface area contributed by atoms with Crippen molar-refractivity contribution in [3.8, 4) is 0 Å². The first kappa shape index (κ1) is 44.9. The minimum absolute atomic E-state index is 0.977. The minimum atomic E-state index is 0.977. The lowest BCUT2D eigenvalue weighted by atomic mass is 9.94. The van der Waals surface area contributed by atoms with E-state index < -0.39 is 0 Å². The fraction of sp³-hybridized carbons (Fsp3) is 0.686. The van der Waals surface area contributed by atoms with Crippen molar-refractivity contribution in [2.45, 2.75) is 227 Å². The number of nitrogens with zero attached hydrogens (tertiary/aromatic N) is 2. The van der Waals surface area contributed by atoms with Gasteiger partial charge in [0.05, 0.1) is 0 Å². The van der Waals surface area contributed by atoms with Crippen LogP contribution < -0.4 is 0 Å². The molecule has 0 N–H and O–H groups in total. The number of allylic oxidation sites excluding steroid dienone is 2. The van der Waals surface area contributed by atoms with E-state index >= 15 is 0 Å². The number of hydrogen-bond donors (Lipinski definition) is 0. The molecule has 1 aliphatic heterocycles. The molecule has 2 nitrogen and oxygen atoms in total. The molecule has 0 saturated heterocycles. The summed E-state index contributed by atoms with van der Waals surface area (Å²) in [5, 5.41) is 0. The number of rotatable bonds is 32. The molecule has 3 rings (SSSR count). The molecule has 0 spiro atoms. The first-order valence-electron chi connectivity index (χ1n) is 23.2. The van der Waals surface area contributed by atoms with Gasteiger partial charge in [0.1, 0.15) is 0 Å². The average Bonchev–Trinajstić information content (AvgIpc) is 3.50. The SMILES string of the molecule is CCCCCCCCCCCC1=C(c2cc(CCCC)cc(CCCCCCCC)c2)[N+](=[N-])C(c2cc(CCCC)cc(CCCCCCCC)c2)=C1. The minimum Gasteiger partial charge on any atom is -0.493 e. The van der Waals surface area contributed by atoms with Crippen LogP contribution in [0.1, 0.15) is 235 Å². The second-order valence-corrected chi connectivity index (χ2v) is 16.6. The van der Waals surface area contributed by atoms with Gasteiger partial charge in [-0.15, -0.1) is 0 Å². The van der Waals surface area contributed by atoms with Crippen molar-refractivity contribution < 1.29 is 4.70 Å². The molecule has 1 aliphatic rings. The molecule has 0 bridgehead atoms. The van der Waals surface area contributed by atoms with Gasteiger partial charge in [-0.3, -0.25) is 0 Å². The summed E-state index contributed by atoms with van der Waals surface area (Å²) in [5.41, 5.74) is 23.8. The van der Waals surface area contributed by atoms with Crippen LogP contribution in [0, 0.1) is 0 Å². The number of hydrogen-bond acceptors (Lipinski definition) is 0. The van der Waals surface area contributed by atoms with Gasteiger partial charge in [-0.2, -0.15) is 0 Å². The fourth-order valence-corrected chi connectivity index (χ4v) is 8.25. The third-order valence-corrected chi connectivity index (χ3v) is 11.6. The van der Waals surface area contributed by atoms with E-state index in [1.165, 1.54) is 199 Å². The maximum absolute atomic E-state index is 12.3. The normalized spacial score (nSPS) is 13.1. The topological polar surface area (TPSA) is 25.3 Å². The lowest BCUT2D eigenvalue weighted by Crippen LogP contribution is -2.05. The summed E-state index contributed by atoms with van der Waals surface area (Å²) in [6, 6.07) is 14.6. The van der Waals surface area contributed by atoms with Crippen LogP contribution in [0.2, 0.25) is 0 Å². The summed E-state index contributed by atoms with van der Waals surface area (Å²) in [4.78, 5) is 0. The van der Waals surface area contributed by atoms with E-state index in [1.54, 1.807) is 4.70 Å². The van der Waals surface area contributed by atoms with Crippen LogP contribution in [0.25, 0.3) is 16.9 Å². The Hall–Kier alpha value is -2.48. The third-order valence-electron chi connectivity index (χ3n) is 11.6. The molecule has 2 aromatic carbocycles. The molecule has 1 heterocycles. The third kappa shape index (κ3) is 17.2. The molecule has 0 radical (unpaired) electrons. The molecule has 2 aromatic rings. The molecular formula is C51H82N2. The summed E-state index contributed by atoms with van der Waals surface area (Å²) in [7, 11) is 0. The Morgan fingerprint density at radius 2 is 0.679 bits per heavy atom. The first-order chi connectivity index (χ1) is 26.0. The zero-order valence-corrected chi connectivity index (χ0v) is 35.6. The molecule has 2 heteroatoms. The molecular weight excluding hydrogens is 641 g/mol. The molecule has 0 unspecified atom stereocenters. The van der Waals surface area contributed by atoms with E-state index in [0.717, 1.165) is 43.5 Å². The lowest BCUT2D eigenvalue weighted by molar-refractivity contribution is -0.344. The molecule has 0 aliphatic carbocycles. The van der Waals surface area contributed by atoms with E-state index in [9.17, 15) is 5.53 Å². The van der Waals surface area contributed by atoms with Crippen LogP contribution in [0.5, 0.6) is 0 Å². The van der Waals surface area contributed by atoms with Gasteiger partial charge in [-0.05, 0) is 111 Å². The molecule has 53 heavy (non-hydrogen) atoms. The highest BCUT2D eigenvalue weighted by atomic mass is 15.2. The van der Waals surface area contributed by atoms with Crippen LogP contribution in [0.4, 0.5) is 0 Å². The van der Waals surface area contributed by atoms with Gasteiger partial charge in [-0.1, -0.05) is 175 Å². The maximum atomic E-state index is 12.3. The average molecular weight is 723 g/mol. The van der Waals surface area contributed by atoms with Gasteiger partial charge < -0.3 is 5.53 Å². The summed E-state index contributed by atoms with van der Waals surface area (Å²) < 4.78 is 1.60. The Labute approximate surface area is 329 Å². The molecule has 0 aromatic heterocycles. The summed E-state index contributed by atoms with van der Waals surface area (Å²) >= 11 is 0. The molecule has 296 valence electrons.